The standard InChI is InChI=1S/C27H29FN4O2.C3H7N.C2H6/c1-2-3-11-31-15-19-10-12-32(17-20(19)16-31)27(34)23-13-18(8-9-24(23)28)14-25-21-6-4-5-7-22(21)26(33)30-29-25;1-3-4-2;1-2/h2-9,13,19-20H,10-12,14-17H2,1H3,(H,30,33);3H,1-2H3;1-2H3/b3-2+;;. The molecule has 2 unspecified atom stereocenters. The van der Waals surface area contributed by atoms with E-state index in [0.717, 1.165) is 37.0 Å². The molecular formula is C32H42FN5O2. The Labute approximate surface area is 236 Å². The third-order valence-electron chi connectivity index (χ3n) is 7.43. The number of aliphatic imine (C=N–C) groups is 1. The van der Waals surface area contributed by atoms with Gasteiger partial charge in [0.05, 0.1) is 16.6 Å². The lowest BCUT2D eigenvalue weighted by Gasteiger charge is -2.34. The highest BCUT2D eigenvalue weighted by Gasteiger charge is 2.38. The monoisotopic (exact) mass is 547 g/mol. The van der Waals surface area contributed by atoms with Crippen LogP contribution in [-0.2, 0) is 6.42 Å². The summed E-state index contributed by atoms with van der Waals surface area (Å²) in [5.41, 5.74) is 1.33. The van der Waals surface area contributed by atoms with Crippen molar-refractivity contribution in [1.82, 2.24) is 20.0 Å². The van der Waals surface area contributed by atoms with E-state index in [9.17, 15) is 14.0 Å². The molecule has 8 heteroatoms. The van der Waals surface area contributed by atoms with Gasteiger partial charge in [-0.15, -0.1) is 0 Å². The summed E-state index contributed by atoms with van der Waals surface area (Å²) < 4.78 is 14.8. The van der Waals surface area contributed by atoms with E-state index >= 15 is 0 Å². The number of amides is 1. The van der Waals surface area contributed by atoms with E-state index in [1.54, 1.807) is 31.5 Å². The minimum absolute atomic E-state index is 0.105. The molecule has 1 amide bonds. The van der Waals surface area contributed by atoms with Crippen molar-refractivity contribution < 1.29 is 9.18 Å². The lowest BCUT2D eigenvalue weighted by molar-refractivity contribution is 0.0637. The number of hydrogen-bond donors (Lipinski definition) is 1. The number of allylic oxidation sites excluding steroid dienone is 1. The van der Waals surface area contributed by atoms with Gasteiger partial charge in [-0.05, 0) is 62.1 Å². The van der Waals surface area contributed by atoms with Crippen molar-refractivity contribution in [3.05, 3.63) is 87.6 Å². The number of H-pyrrole nitrogens is 1. The molecule has 3 heterocycles. The Kier molecular flexibility index (Phi) is 11.8. The zero-order chi connectivity index (χ0) is 29.1. The predicted molar refractivity (Wildman–Crippen MR) is 162 cm³/mol. The average molecular weight is 548 g/mol. The second kappa shape index (κ2) is 15.2. The maximum absolute atomic E-state index is 14.8. The van der Waals surface area contributed by atoms with E-state index in [0.29, 0.717) is 42.4 Å². The van der Waals surface area contributed by atoms with E-state index in [1.165, 1.54) is 6.07 Å². The summed E-state index contributed by atoms with van der Waals surface area (Å²) in [6.07, 6.45) is 7.33. The van der Waals surface area contributed by atoms with E-state index < -0.39 is 5.82 Å². The fourth-order valence-electron chi connectivity index (χ4n) is 5.37. The summed E-state index contributed by atoms with van der Waals surface area (Å²) in [5.74, 6) is 0.288. The third-order valence-corrected chi connectivity index (χ3v) is 7.43. The van der Waals surface area contributed by atoms with Gasteiger partial charge in [-0.3, -0.25) is 14.5 Å². The molecule has 2 aliphatic heterocycles. The Morgan fingerprint density at radius 3 is 2.50 bits per heavy atom. The van der Waals surface area contributed by atoms with Crippen LogP contribution in [0, 0.1) is 17.7 Å². The molecule has 214 valence electrons. The summed E-state index contributed by atoms with van der Waals surface area (Å²) in [6.45, 7) is 12.2. The number of benzene rings is 2. The maximum Gasteiger partial charge on any atom is 0.272 e. The molecule has 2 saturated heterocycles. The molecule has 5 rings (SSSR count). The van der Waals surface area contributed by atoms with Crippen LogP contribution < -0.4 is 5.56 Å². The van der Waals surface area contributed by atoms with E-state index in [2.05, 4.69) is 32.2 Å². The van der Waals surface area contributed by atoms with Crippen LogP contribution in [0.2, 0.25) is 0 Å². The van der Waals surface area contributed by atoms with Gasteiger partial charge in [-0.25, -0.2) is 9.49 Å². The summed E-state index contributed by atoms with van der Waals surface area (Å²) in [7, 11) is 1.75. The highest BCUT2D eigenvalue weighted by Crippen LogP contribution is 2.32. The van der Waals surface area contributed by atoms with Crippen molar-refractivity contribution >= 4 is 22.9 Å². The summed E-state index contributed by atoms with van der Waals surface area (Å²) >= 11 is 0. The van der Waals surface area contributed by atoms with Crippen LogP contribution in [0.1, 0.15) is 55.7 Å². The van der Waals surface area contributed by atoms with Crippen molar-refractivity contribution in [3.63, 3.8) is 0 Å². The second-order valence-corrected chi connectivity index (χ2v) is 9.90. The van der Waals surface area contributed by atoms with Crippen molar-refractivity contribution in [2.24, 2.45) is 16.8 Å². The van der Waals surface area contributed by atoms with Crippen LogP contribution in [0.3, 0.4) is 0 Å². The Balaban J connectivity index is 0.000000677. The van der Waals surface area contributed by atoms with Crippen molar-refractivity contribution in [1.29, 1.82) is 0 Å². The Bertz CT molecular complexity index is 1380. The average Bonchev–Trinajstić information content (AvgIpc) is 3.41. The molecular weight excluding hydrogens is 505 g/mol. The number of nitrogens with zero attached hydrogens (tertiary/aromatic N) is 4. The molecule has 0 radical (unpaired) electrons. The molecule has 3 aromatic rings. The number of nitrogens with one attached hydrogen (secondary N) is 1. The number of likely N-dealkylation sites (tertiary alicyclic amines) is 2. The minimum atomic E-state index is -0.503. The first-order valence-electron chi connectivity index (χ1n) is 14.2. The molecule has 0 aliphatic carbocycles. The van der Waals surface area contributed by atoms with Crippen molar-refractivity contribution in [2.75, 3.05) is 39.8 Å². The number of fused-ring (bicyclic) bond motifs is 2. The zero-order valence-electron chi connectivity index (χ0n) is 24.4. The van der Waals surface area contributed by atoms with Crippen LogP contribution >= 0.6 is 0 Å². The molecule has 0 bridgehead atoms. The van der Waals surface area contributed by atoms with Gasteiger partial charge >= 0.3 is 0 Å². The zero-order valence-corrected chi connectivity index (χ0v) is 24.4. The number of aromatic nitrogens is 2. The van der Waals surface area contributed by atoms with Gasteiger partial charge in [0, 0.05) is 51.6 Å². The molecule has 0 saturated carbocycles. The number of rotatable bonds is 5. The molecule has 2 aromatic carbocycles. The normalized spacial score (nSPS) is 18.8. The van der Waals surface area contributed by atoms with E-state index in [1.807, 2.05) is 50.8 Å². The molecule has 7 nitrogen and oxygen atoms in total. The van der Waals surface area contributed by atoms with Crippen LogP contribution in [-0.4, -0.2) is 71.9 Å². The summed E-state index contributed by atoms with van der Waals surface area (Å²) in [4.78, 5) is 33.3. The second-order valence-electron chi connectivity index (χ2n) is 9.90. The molecule has 40 heavy (non-hydrogen) atoms. The lowest BCUT2D eigenvalue weighted by Crippen LogP contribution is -2.43. The van der Waals surface area contributed by atoms with E-state index in [4.69, 9.17) is 0 Å². The topological polar surface area (TPSA) is 81.7 Å². The summed E-state index contributed by atoms with van der Waals surface area (Å²) in [5, 5.41) is 8.08. The third kappa shape index (κ3) is 7.50. The van der Waals surface area contributed by atoms with Gasteiger partial charge in [-0.1, -0.05) is 50.3 Å². The fourth-order valence-corrected chi connectivity index (χ4v) is 5.37. The summed E-state index contributed by atoms with van der Waals surface area (Å²) in [6, 6.07) is 12.0. The van der Waals surface area contributed by atoms with Gasteiger partial charge in [0.15, 0.2) is 0 Å². The Morgan fingerprint density at radius 2 is 1.80 bits per heavy atom. The van der Waals surface area contributed by atoms with Gasteiger partial charge in [0.2, 0.25) is 0 Å². The van der Waals surface area contributed by atoms with Crippen molar-refractivity contribution in [3.8, 4) is 0 Å². The van der Waals surface area contributed by atoms with Gasteiger partial charge in [-0.2, -0.15) is 5.10 Å². The van der Waals surface area contributed by atoms with Crippen molar-refractivity contribution in [2.45, 2.75) is 40.5 Å². The lowest BCUT2D eigenvalue weighted by atomic mass is 9.88. The number of carbonyl (C=O) groups is 1. The number of carbonyl (C=O) groups excluding carboxylic acids is 1. The van der Waals surface area contributed by atoms with Gasteiger partial charge < -0.3 is 9.89 Å². The first-order chi connectivity index (χ1) is 19.4. The number of aromatic amines is 1. The van der Waals surface area contributed by atoms with Gasteiger partial charge in [0.1, 0.15) is 5.82 Å². The highest BCUT2D eigenvalue weighted by molar-refractivity contribution is 5.95. The van der Waals surface area contributed by atoms with Crippen LogP contribution in [0.25, 0.3) is 10.8 Å². The highest BCUT2D eigenvalue weighted by atomic mass is 19.1. The van der Waals surface area contributed by atoms with Crippen LogP contribution in [0.15, 0.2) is 64.4 Å². The number of piperidine rings is 1. The predicted octanol–water partition coefficient (Wildman–Crippen LogP) is 5.36. The van der Waals surface area contributed by atoms with E-state index in [-0.39, 0.29) is 17.0 Å². The maximum atomic E-state index is 14.8. The Morgan fingerprint density at radius 1 is 1.10 bits per heavy atom. The first-order valence-corrected chi connectivity index (χ1v) is 14.2. The molecule has 1 aromatic heterocycles. The minimum Gasteiger partial charge on any atom is -0.338 e. The van der Waals surface area contributed by atoms with Crippen LogP contribution in [0.4, 0.5) is 4.39 Å². The largest absolute Gasteiger partial charge is 0.338 e. The quantitative estimate of drug-likeness (QED) is 0.345. The smallest absolute Gasteiger partial charge is 0.272 e. The molecule has 2 fully saturated rings. The fraction of sp³-hybridized carbons (Fsp3) is 0.438. The first kappa shape index (κ1) is 30.9. The Hall–Kier alpha value is -3.65. The SMILES string of the molecule is C/C=C/CN1CC2CCN(C(=O)c3cc(Cc4n[nH]c(=O)c5ccccc45)ccc3F)CC2C1.CC.CC=NC. The van der Waals surface area contributed by atoms with Crippen LogP contribution in [0.5, 0.6) is 0 Å². The van der Waals surface area contributed by atoms with Gasteiger partial charge in [0.25, 0.3) is 11.5 Å². The number of halogens is 1. The number of hydrogen-bond acceptors (Lipinski definition) is 5. The molecule has 2 aliphatic rings. The molecule has 2 atom stereocenters. The molecule has 0 spiro atoms. The molecule has 1 N–H and O–H groups in total.